The Morgan fingerprint density at radius 1 is 1.33 bits per heavy atom. The smallest absolute Gasteiger partial charge is 0.254 e. The first kappa shape index (κ1) is 17.0. The minimum atomic E-state index is -0.824. The highest BCUT2D eigenvalue weighted by Gasteiger charge is 2.21. The Morgan fingerprint density at radius 3 is 2.96 bits per heavy atom. The lowest BCUT2D eigenvalue weighted by Gasteiger charge is -2.32. The van der Waals surface area contributed by atoms with Crippen LogP contribution >= 0.6 is 11.3 Å². The van der Waals surface area contributed by atoms with Crippen molar-refractivity contribution in [3.8, 4) is 0 Å². The van der Waals surface area contributed by atoms with Crippen LogP contribution in [0.5, 0.6) is 0 Å². The molecule has 2 heterocycles. The molecule has 0 radical (unpaired) electrons. The Hall–Kier alpha value is -1.79. The van der Waals surface area contributed by atoms with Crippen molar-refractivity contribution >= 4 is 17.2 Å². The molecule has 6 heteroatoms. The van der Waals surface area contributed by atoms with E-state index in [2.05, 4.69) is 27.7 Å². The number of benzene rings is 1. The summed E-state index contributed by atoms with van der Waals surface area (Å²) in [6, 6.07) is 7.20. The normalized spacial score (nSPS) is 18.5. The van der Waals surface area contributed by atoms with Crippen LogP contribution in [0.25, 0.3) is 0 Å². The lowest BCUT2D eigenvalue weighted by atomic mass is 9.97. The molecule has 1 aliphatic rings. The van der Waals surface area contributed by atoms with Gasteiger partial charge in [-0.05, 0) is 48.9 Å². The number of nitrogens with one attached hydrogen (secondary N) is 1. The number of halogens is 2. The van der Waals surface area contributed by atoms with E-state index in [1.165, 1.54) is 10.9 Å². The number of likely N-dealkylation sites (tertiary alicyclic amines) is 1. The molecular weight excluding hydrogens is 330 g/mol. The van der Waals surface area contributed by atoms with Gasteiger partial charge in [0.05, 0.1) is 5.56 Å². The molecule has 1 atom stereocenters. The summed E-state index contributed by atoms with van der Waals surface area (Å²) in [5.74, 6) is -1.63. The van der Waals surface area contributed by atoms with E-state index in [4.69, 9.17) is 0 Å². The van der Waals surface area contributed by atoms with E-state index in [1.54, 1.807) is 11.3 Å². The van der Waals surface area contributed by atoms with Crippen LogP contribution in [0.3, 0.4) is 0 Å². The molecule has 24 heavy (non-hydrogen) atoms. The summed E-state index contributed by atoms with van der Waals surface area (Å²) < 4.78 is 26.5. The van der Waals surface area contributed by atoms with E-state index in [1.807, 2.05) is 0 Å². The third-order valence-corrected chi connectivity index (χ3v) is 5.15. The fourth-order valence-electron chi connectivity index (χ4n) is 3.09. The second kappa shape index (κ2) is 7.85. The van der Waals surface area contributed by atoms with Crippen molar-refractivity contribution < 1.29 is 13.6 Å². The molecule has 0 saturated carbocycles. The van der Waals surface area contributed by atoms with Gasteiger partial charge in [0.15, 0.2) is 0 Å². The first-order valence-electron chi connectivity index (χ1n) is 8.10. The van der Waals surface area contributed by atoms with E-state index in [-0.39, 0.29) is 5.56 Å². The second-order valence-electron chi connectivity index (χ2n) is 6.16. The minimum Gasteiger partial charge on any atom is -0.352 e. The number of amides is 1. The molecule has 1 fully saturated rings. The summed E-state index contributed by atoms with van der Waals surface area (Å²) in [4.78, 5) is 15.8. The Morgan fingerprint density at radius 2 is 2.21 bits per heavy atom. The van der Waals surface area contributed by atoms with Crippen molar-refractivity contribution in [2.45, 2.75) is 19.4 Å². The van der Waals surface area contributed by atoms with Crippen LogP contribution < -0.4 is 5.32 Å². The van der Waals surface area contributed by atoms with Crippen LogP contribution in [-0.4, -0.2) is 30.4 Å². The van der Waals surface area contributed by atoms with Gasteiger partial charge in [-0.25, -0.2) is 8.78 Å². The van der Waals surface area contributed by atoms with Gasteiger partial charge < -0.3 is 5.32 Å². The minimum absolute atomic E-state index is 0.109. The van der Waals surface area contributed by atoms with Crippen molar-refractivity contribution in [2.75, 3.05) is 19.6 Å². The zero-order valence-electron chi connectivity index (χ0n) is 13.3. The molecule has 2 aromatic rings. The van der Waals surface area contributed by atoms with E-state index in [0.717, 1.165) is 44.6 Å². The highest BCUT2D eigenvalue weighted by atomic mass is 32.1. The molecule has 1 unspecified atom stereocenters. The first-order valence-corrected chi connectivity index (χ1v) is 8.98. The third-order valence-electron chi connectivity index (χ3n) is 4.29. The van der Waals surface area contributed by atoms with Crippen LogP contribution in [0.4, 0.5) is 8.78 Å². The second-order valence-corrected chi connectivity index (χ2v) is 7.19. The quantitative estimate of drug-likeness (QED) is 0.892. The molecule has 3 rings (SSSR count). The number of hydrogen-bond donors (Lipinski definition) is 1. The molecule has 1 aromatic carbocycles. The van der Waals surface area contributed by atoms with Crippen molar-refractivity contribution in [3.63, 3.8) is 0 Å². The lowest BCUT2D eigenvalue weighted by molar-refractivity contribution is 0.0927. The van der Waals surface area contributed by atoms with Crippen LogP contribution in [0.2, 0.25) is 0 Å². The highest BCUT2D eigenvalue weighted by Crippen LogP contribution is 2.20. The SMILES string of the molecule is O=C(NCC1CCCN(Cc2cccs2)C1)c1ccc(F)cc1F. The predicted molar refractivity (Wildman–Crippen MR) is 91.0 cm³/mol. The zero-order chi connectivity index (χ0) is 16.9. The predicted octanol–water partition coefficient (Wildman–Crippen LogP) is 3.67. The zero-order valence-corrected chi connectivity index (χ0v) is 14.1. The van der Waals surface area contributed by atoms with Gasteiger partial charge in [-0.15, -0.1) is 11.3 Å². The first-order chi connectivity index (χ1) is 11.6. The maximum absolute atomic E-state index is 13.6. The Bertz CT molecular complexity index is 690. The number of carbonyl (C=O) groups excluding carboxylic acids is 1. The number of nitrogens with zero attached hydrogens (tertiary/aromatic N) is 1. The molecule has 1 aliphatic heterocycles. The summed E-state index contributed by atoms with van der Waals surface area (Å²) in [6.45, 7) is 3.43. The van der Waals surface area contributed by atoms with E-state index < -0.39 is 17.5 Å². The molecule has 0 bridgehead atoms. The maximum Gasteiger partial charge on any atom is 0.254 e. The Balaban J connectivity index is 1.51. The summed E-state index contributed by atoms with van der Waals surface area (Å²) >= 11 is 1.75. The van der Waals surface area contributed by atoms with Crippen molar-refractivity contribution in [1.82, 2.24) is 10.2 Å². The molecule has 1 saturated heterocycles. The van der Waals surface area contributed by atoms with Crippen LogP contribution in [0, 0.1) is 17.6 Å². The van der Waals surface area contributed by atoms with Gasteiger partial charge >= 0.3 is 0 Å². The fraction of sp³-hybridized carbons (Fsp3) is 0.389. The van der Waals surface area contributed by atoms with Gasteiger partial charge in [0.2, 0.25) is 0 Å². The molecule has 0 spiro atoms. The average molecular weight is 350 g/mol. The largest absolute Gasteiger partial charge is 0.352 e. The molecule has 0 aliphatic carbocycles. The van der Waals surface area contributed by atoms with Gasteiger partial charge in [-0.1, -0.05) is 6.07 Å². The molecule has 1 N–H and O–H groups in total. The number of rotatable bonds is 5. The van der Waals surface area contributed by atoms with E-state index >= 15 is 0 Å². The summed E-state index contributed by atoms with van der Waals surface area (Å²) in [7, 11) is 0. The maximum atomic E-state index is 13.6. The summed E-state index contributed by atoms with van der Waals surface area (Å²) in [5, 5.41) is 4.86. The standard InChI is InChI=1S/C18H20F2N2OS/c19-14-5-6-16(17(20)9-14)18(23)21-10-13-3-1-7-22(11-13)12-15-4-2-8-24-15/h2,4-6,8-9,13H,1,3,7,10-12H2,(H,21,23). The summed E-state index contributed by atoms with van der Waals surface area (Å²) in [5.41, 5.74) is -0.109. The highest BCUT2D eigenvalue weighted by molar-refractivity contribution is 7.09. The van der Waals surface area contributed by atoms with Gasteiger partial charge in [0.25, 0.3) is 5.91 Å². The van der Waals surface area contributed by atoms with Gasteiger partial charge in [-0.2, -0.15) is 0 Å². The van der Waals surface area contributed by atoms with Gasteiger partial charge in [0, 0.05) is 30.6 Å². The molecule has 128 valence electrons. The lowest BCUT2D eigenvalue weighted by Crippen LogP contribution is -2.40. The number of thiophene rings is 1. The van der Waals surface area contributed by atoms with Gasteiger partial charge in [0.1, 0.15) is 11.6 Å². The Labute approximate surface area is 144 Å². The third kappa shape index (κ3) is 4.39. The summed E-state index contributed by atoms with van der Waals surface area (Å²) in [6.07, 6.45) is 2.14. The van der Waals surface area contributed by atoms with Crippen molar-refractivity contribution in [3.05, 3.63) is 57.8 Å². The van der Waals surface area contributed by atoms with Gasteiger partial charge in [-0.3, -0.25) is 9.69 Å². The molecule has 3 nitrogen and oxygen atoms in total. The number of piperidine rings is 1. The average Bonchev–Trinajstić information content (AvgIpc) is 3.06. The molecule has 1 amide bonds. The molecular formula is C18H20F2N2OS. The topological polar surface area (TPSA) is 32.3 Å². The van der Waals surface area contributed by atoms with E-state index in [0.29, 0.717) is 12.5 Å². The number of hydrogen-bond acceptors (Lipinski definition) is 3. The van der Waals surface area contributed by atoms with Crippen LogP contribution in [-0.2, 0) is 6.54 Å². The monoisotopic (exact) mass is 350 g/mol. The fourth-order valence-corrected chi connectivity index (χ4v) is 3.84. The Kier molecular flexibility index (Phi) is 5.58. The van der Waals surface area contributed by atoms with Crippen LogP contribution in [0.15, 0.2) is 35.7 Å². The molecule has 1 aromatic heterocycles. The van der Waals surface area contributed by atoms with Crippen molar-refractivity contribution in [2.24, 2.45) is 5.92 Å². The van der Waals surface area contributed by atoms with E-state index in [9.17, 15) is 13.6 Å². The van der Waals surface area contributed by atoms with Crippen LogP contribution in [0.1, 0.15) is 28.1 Å². The van der Waals surface area contributed by atoms with Crippen molar-refractivity contribution in [1.29, 1.82) is 0 Å². The number of carbonyl (C=O) groups is 1.